The molecule has 1 aliphatic carbocycles. The highest BCUT2D eigenvalue weighted by molar-refractivity contribution is 5.56. The molecule has 0 saturated heterocycles. The lowest BCUT2D eigenvalue weighted by molar-refractivity contribution is 0.491. The van der Waals surface area contributed by atoms with E-state index >= 15 is 0 Å². The summed E-state index contributed by atoms with van der Waals surface area (Å²) in [6.07, 6.45) is 6.24. The van der Waals surface area contributed by atoms with Gasteiger partial charge in [-0.2, -0.15) is 5.26 Å². The van der Waals surface area contributed by atoms with Crippen LogP contribution in [0.1, 0.15) is 36.8 Å². The van der Waals surface area contributed by atoms with Crippen molar-refractivity contribution in [1.82, 2.24) is 4.98 Å². The number of pyridine rings is 1. The molecule has 0 spiro atoms. The van der Waals surface area contributed by atoms with Gasteiger partial charge in [-0.1, -0.05) is 12.8 Å². The molecule has 0 amide bonds. The highest BCUT2D eigenvalue weighted by atomic mass is 15.1. The second-order valence-corrected chi connectivity index (χ2v) is 4.78. The first-order valence-corrected chi connectivity index (χ1v) is 6.05. The Balaban J connectivity index is 2.30. The molecule has 0 bridgehead atoms. The van der Waals surface area contributed by atoms with Crippen molar-refractivity contribution in [3.8, 4) is 6.07 Å². The Morgan fingerprint density at radius 3 is 2.82 bits per heavy atom. The smallest absolute Gasteiger partial charge is 0.144 e. The van der Waals surface area contributed by atoms with Crippen molar-refractivity contribution in [2.75, 3.05) is 11.9 Å². The van der Waals surface area contributed by atoms with Gasteiger partial charge >= 0.3 is 0 Å². The van der Waals surface area contributed by atoms with Crippen LogP contribution in [0.3, 0.4) is 0 Å². The summed E-state index contributed by atoms with van der Waals surface area (Å²) in [4.78, 5) is 4.28. The van der Waals surface area contributed by atoms with Crippen LogP contribution in [0, 0.1) is 18.3 Å². The van der Waals surface area contributed by atoms with Crippen molar-refractivity contribution in [1.29, 1.82) is 5.26 Å². The van der Waals surface area contributed by atoms with Gasteiger partial charge in [0, 0.05) is 12.7 Å². The summed E-state index contributed by atoms with van der Waals surface area (Å²) >= 11 is 0. The number of nitrogens with zero attached hydrogens (tertiary/aromatic N) is 2. The summed E-state index contributed by atoms with van der Waals surface area (Å²) in [5.41, 5.74) is 7.40. The summed E-state index contributed by atoms with van der Waals surface area (Å²) in [7, 11) is 0. The van der Waals surface area contributed by atoms with Gasteiger partial charge in [0.15, 0.2) is 0 Å². The number of nitrogens with one attached hydrogen (secondary N) is 1. The van der Waals surface area contributed by atoms with E-state index in [-0.39, 0.29) is 5.54 Å². The van der Waals surface area contributed by atoms with Gasteiger partial charge in [0.05, 0.1) is 11.1 Å². The fraction of sp³-hybridized carbons (Fsp3) is 0.538. The Labute approximate surface area is 102 Å². The van der Waals surface area contributed by atoms with Crippen LogP contribution >= 0.6 is 0 Å². The Hall–Kier alpha value is -1.60. The van der Waals surface area contributed by atoms with E-state index in [0.29, 0.717) is 17.9 Å². The molecule has 1 fully saturated rings. The average Bonchev–Trinajstić information content (AvgIpc) is 2.79. The number of hydrogen-bond donors (Lipinski definition) is 2. The first kappa shape index (κ1) is 11.9. The molecule has 17 heavy (non-hydrogen) atoms. The third kappa shape index (κ3) is 2.25. The SMILES string of the molecule is Cc1ccnc(NC2(CN)CCCC2)c1C#N. The second kappa shape index (κ2) is 4.72. The third-order valence-electron chi connectivity index (χ3n) is 3.61. The van der Waals surface area contributed by atoms with Gasteiger partial charge in [0.1, 0.15) is 11.9 Å². The molecule has 3 N–H and O–H groups in total. The zero-order valence-electron chi connectivity index (χ0n) is 10.2. The quantitative estimate of drug-likeness (QED) is 0.832. The lowest BCUT2D eigenvalue weighted by Gasteiger charge is -2.29. The number of rotatable bonds is 3. The van der Waals surface area contributed by atoms with Crippen molar-refractivity contribution >= 4 is 5.82 Å². The molecule has 4 nitrogen and oxygen atoms in total. The van der Waals surface area contributed by atoms with E-state index in [2.05, 4.69) is 16.4 Å². The minimum atomic E-state index is -0.0631. The van der Waals surface area contributed by atoms with E-state index in [1.165, 1.54) is 12.8 Å². The number of anilines is 1. The van der Waals surface area contributed by atoms with Gasteiger partial charge in [0.25, 0.3) is 0 Å². The third-order valence-corrected chi connectivity index (χ3v) is 3.61. The van der Waals surface area contributed by atoms with Gasteiger partial charge in [-0.15, -0.1) is 0 Å². The van der Waals surface area contributed by atoms with Crippen LogP contribution in [0.15, 0.2) is 12.3 Å². The molecule has 0 unspecified atom stereocenters. The van der Waals surface area contributed by atoms with Crippen LogP contribution in [0.2, 0.25) is 0 Å². The summed E-state index contributed by atoms with van der Waals surface area (Å²) in [5.74, 6) is 0.680. The minimum absolute atomic E-state index is 0.0631. The van der Waals surface area contributed by atoms with Crippen LogP contribution < -0.4 is 11.1 Å². The van der Waals surface area contributed by atoms with Gasteiger partial charge in [-0.25, -0.2) is 4.98 Å². The summed E-state index contributed by atoms with van der Waals surface area (Å²) < 4.78 is 0. The summed E-state index contributed by atoms with van der Waals surface area (Å²) in [6, 6.07) is 4.07. The number of nitrogens with two attached hydrogens (primary N) is 1. The zero-order chi connectivity index (χ0) is 12.3. The molecule has 90 valence electrons. The predicted octanol–water partition coefficient (Wildman–Crippen LogP) is 1.95. The fourth-order valence-corrected chi connectivity index (χ4v) is 2.48. The van der Waals surface area contributed by atoms with E-state index in [1.807, 2.05) is 13.0 Å². The molecule has 1 aliphatic rings. The van der Waals surface area contributed by atoms with Crippen molar-refractivity contribution in [3.63, 3.8) is 0 Å². The number of hydrogen-bond acceptors (Lipinski definition) is 4. The van der Waals surface area contributed by atoms with Gasteiger partial charge in [-0.05, 0) is 31.4 Å². The van der Waals surface area contributed by atoms with Gasteiger partial charge in [0.2, 0.25) is 0 Å². The maximum absolute atomic E-state index is 9.17. The van der Waals surface area contributed by atoms with E-state index < -0.39 is 0 Å². The standard InChI is InChI=1S/C13H18N4/c1-10-4-7-16-12(11(10)8-14)17-13(9-15)5-2-3-6-13/h4,7H,2-3,5-6,9,15H2,1H3,(H,16,17). The normalized spacial score (nSPS) is 17.7. The maximum Gasteiger partial charge on any atom is 0.144 e. The van der Waals surface area contributed by atoms with E-state index in [1.54, 1.807) is 6.20 Å². The Morgan fingerprint density at radius 2 is 2.24 bits per heavy atom. The van der Waals surface area contributed by atoms with Crippen molar-refractivity contribution < 1.29 is 0 Å². The van der Waals surface area contributed by atoms with Gasteiger partial charge < -0.3 is 11.1 Å². The largest absolute Gasteiger partial charge is 0.362 e. The highest BCUT2D eigenvalue weighted by Gasteiger charge is 2.33. The molecule has 1 aromatic heterocycles. The molecule has 0 radical (unpaired) electrons. The second-order valence-electron chi connectivity index (χ2n) is 4.78. The molecule has 4 heteroatoms. The van der Waals surface area contributed by atoms with Crippen molar-refractivity contribution in [2.45, 2.75) is 38.1 Å². The molecule has 0 aliphatic heterocycles. The summed E-state index contributed by atoms with van der Waals surface area (Å²) in [5, 5.41) is 12.6. The van der Waals surface area contributed by atoms with Crippen LogP contribution in [0.25, 0.3) is 0 Å². The molecule has 1 aromatic rings. The molecule has 1 saturated carbocycles. The van der Waals surface area contributed by atoms with Crippen LogP contribution in [0.4, 0.5) is 5.82 Å². The minimum Gasteiger partial charge on any atom is -0.362 e. The molecule has 0 aromatic carbocycles. The van der Waals surface area contributed by atoms with Crippen LogP contribution in [-0.4, -0.2) is 17.1 Å². The first-order valence-electron chi connectivity index (χ1n) is 6.05. The van der Waals surface area contributed by atoms with Crippen LogP contribution in [-0.2, 0) is 0 Å². The van der Waals surface area contributed by atoms with Crippen LogP contribution in [0.5, 0.6) is 0 Å². The molecule has 2 rings (SSSR count). The molecule has 1 heterocycles. The topological polar surface area (TPSA) is 74.7 Å². The average molecular weight is 230 g/mol. The van der Waals surface area contributed by atoms with E-state index in [0.717, 1.165) is 18.4 Å². The lowest BCUT2D eigenvalue weighted by Crippen LogP contribution is -2.43. The highest BCUT2D eigenvalue weighted by Crippen LogP contribution is 2.32. The van der Waals surface area contributed by atoms with Crippen molar-refractivity contribution in [3.05, 3.63) is 23.4 Å². The van der Waals surface area contributed by atoms with Crippen molar-refractivity contribution in [2.24, 2.45) is 5.73 Å². The number of aryl methyl sites for hydroxylation is 1. The molecular formula is C13H18N4. The van der Waals surface area contributed by atoms with E-state index in [4.69, 9.17) is 11.0 Å². The number of aromatic nitrogens is 1. The lowest BCUT2D eigenvalue weighted by atomic mass is 9.97. The fourth-order valence-electron chi connectivity index (χ4n) is 2.48. The first-order chi connectivity index (χ1) is 8.21. The monoisotopic (exact) mass is 230 g/mol. The molecule has 0 atom stereocenters. The Kier molecular flexibility index (Phi) is 3.30. The summed E-state index contributed by atoms with van der Waals surface area (Å²) in [6.45, 7) is 2.52. The van der Waals surface area contributed by atoms with E-state index in [9.17, 15) is 0 Å². The Morgan fingerprint density at radius 1 is 1.53 bits per heavy atom. The zero-order valence-corrected chi connectivity index (χ0v) is 10.2. The maximum atomic E-state index is 9.17. The van der Waals surface area contributed by atoms with Gasteiger partial charge in [-0.3, -0.25) is 0 Å². The number of nitriles is 1. The molecular weight excluding hydrogens is 212 g/mol. The Bertz CT molecular complexity index is 441. The predicted molar refractivity (Wildman–Crippen MR) is 67.6 cm³/mol.